The van der Waals surface area contributed by atoms with Crippen molar-refractivity contribution in [3.05, 3.63) is 0 Å². The van der Waals surface area contributed by atoms with Crippen LogP contribution in [0.25, 0.3) is 0 Å². The SMILES string of the molecule is [Cl][Al-]([Cl])([Cl])[I].[Li+]. The molecular weight excluding hydrogens is 267 g/mol. The van der Waals surface area contributed by atoms with Gasteiger partial charge in [-0.15, -0.1) is 0 Å². The minimum atomic E-state index is -2.45. The van der Waals surface area contributed by atoms with Crippen LogP contribution in [-0.2, 0) is 0 Å². The van der Waals surface area contributed by atoms with E-state index in [1.165, 1.54) is 0 Å². The minimum Gasteiger partial charge on any atom is -0.397 e. The van der Waals surface area contributed by atoms with E-state index in [1.54, 1.807) is 0 Å². The van der Waals surface area contributed by atoms with Gasteiger partial charge in [0.05, 0.1) is 0 Å². The number of rotatable bonds is 0. The van der Waals surface area contributed by atoms with Gasteiger partial charge in [-0.05, 0) is 0 Å². The van der Waals surface area contributed by atoms with Gasteiger partial charge in [-0.1, -0.05) is 0 Å². The molecule has 0 saturated heterocycles. The van der Waals surface area contributed by atoms with Gasteiger partial charge in [0.2, 0.25) is 0 Å². The molecule has 0 aliphatic rings. The summed E-state index contributed by atoms with van der Waals surface area (Å²) in [6.45, 7) is 0. The van der Waals surface area contributed by atoms with E-state index >= 15 is 0 Å². The molecule has 0 amide bonds. The quantitative estimate of drug-likeness (QED) is 0.413. The molecule has 0 nitrogen and oxygen atoms in total. The Kier molecular flexibility index (Phi) is 8.82. The van der Waals surface area contributed by atoms with E-state index in [2.05, 4.69) is 0 Å². The van der Waals surface area contributed by atoms with Crippen LogP contribution in [-0.4, -0.2) is 7.03 Å². The van der Waals surface area contributed by atoms with E-state index in [0.717, 1.165) is 0 Å². The molecule has 0 fully saturated rings. The van der Waals surface area contributed by atoms with E-state index in [0.29, 0.717) is 0 Å². The molecule has 0 aliphatic heterocycles. The molecule has 0 aromatic carbocycles. The van der Waals surface area contributed by atoms with Crippen LogP contribution in [0.5, 0.6) is 0 Å². The van der Waals surface area contributed by atoms with Crippen LogP contribution in [0.15, 0.2) is 0 Å². The van der Waals surface area contributed by atoms with Gasteiger partial charge in [-0.25, -0.2) is 0 Å². The first-order valence-electron chi connectivity index (χ1n) is 0.873. The van der Waals surface area contributed by atoms with Crippen molar-refractivity contribution >= 4 is 57.5 Å². The minimum absolute atomic E-state index is 0. The van der Waals surface area contributed by atoms with Crippen LogP contribution in [0.2, 0.25) is 0 Å². The summed E-state index contributed by atoms with van der Waals surface area (Å²) in [6.07, 6.45) is 0. The number of hydrogen-bond acceptors (Lipinski definition) is 0. The molecule has 0 aliphatic carbocycles. The van der Waals surface area contributed by atoms with Crippen molar-refractivity contribution in [2.75, 3.05) is 0 Å². The van der Waals surface area contributed by atoms with Crippen LogP contribution >= 0.6 is 50.4 Å². The van der Waals surface area contributed by atoms with Crippen molar-refractivity contribution in [2.45, 2.75) is 0 Å². The maximum absolute atomic E-state index is 5.21. The average Bonchev–Trinajstić information content (AvgIpc) is 0.722. The fourth-order valence-electron chi connectivity index (χ4n) is 0. The second-order valence-corrected chi connectivity index (χ2v) is 21.6. The molecule has 0 aromatic heterocycles. The summed E-state index contributed by atoms with van der Waals surface area (Å²) in [5.41, 5.74) is 0. The molecule has 0 bridgehead atoms. The molecular formula is AlCl3ILi. The van der Waals surface area contributed by atoms with Gasteiger partial charge in [-0.3, -0.25) is 0 Å². The van der Waals surface area contributed by atoms with Gasteiger partial charge < -0.3 is 50.4 Å². The van der Waals surface area contributed by atoms with Crippen molar-refractivity contribution in [1.82, 2.24) is 0 Å². The Hall–Kier alpha value is 2.73. The summed E-state index contributed by atoms with van der Waals surface area (Å²) >= 11 is 1.84. The topological polar surface area (TPSA) is 0 Å². The first kappa shape index (κ1) is 11.5. The van der Waals surface area contributed by atoms with Crippen LogP contribution in [0.4, 0.5) is 0 Å². The summed E-state index contributed by atoms with van der Waals surface area (Å²) in [5, 5.41) is 0. The van der Waals surface area contributed by atoms with E-state index in [1.807, 2.05) is 20.3 Å². The normalized spacial score (nSPS) is 10.0. The Labute approximate surface area is 75.0 Å². The molecule has 0 unspecified atom stereocenters. The van der Waals surface area contributed by atoms with Gasteiger partial charge in [0.1, 0.15) is 0 Å². The van der Waals surface area contributed by atoms with Crippen molar-refractivity contribution < 1.29 is 18.9 Å². The van der Waals surface area contributed by atoms with E-state index in [4.69, 9.17) is 30.1 Å². The smallest absolute Gasteiger partial charge is 0.397 e. The average molecular weight is 267 g/mol. The summed E-state index contributed by atoms with van der Waals surface area (Å²) in [4.78, 5) is 0. The second kappa shape index (κ2) is 4.59. The van der Waals surface area contributed by atoms with Crippen molar-refractivity contribution in [3.63, 3.8) is 0 Å². The van der Waals surface area contributed by atoms with Crippen molar-refractivity contribution in [2.24, 2.45) is 0 Å². The zero-order valence-corrected chi connectivity index (χ0v) is 8.67. The molecule has 0 aromatic rings. The van der Waals surface area contributed by atoms with Crippen LogP contribution < -0.4 is 18.9 Å². The van der Waals surface area contributed by atoms with Gasteiger partial charge in [0.15, 0.2) is 0 Å². The molecule has 6 heteroatoms. The predicted octanol–water partition coefficient (Wildman–Crippen LogP) is -0.423. The molecule has 32 valence electrons. The third-order valence-corrected chi connectivity index (χ3v) is 0. The van der Waals surface area contributed by atoms with Gasteiger partial charge in [0.25, 0.3) is 0 Å². The predicted molar refractivity (Wildman–Crippen MR) is 37.3 cm³/mol. The molecule has 0 N–H and O–H groups in total. The Morgan fingerprint density at radius 3 is 1.17 bits per heavy atom. The van der Waals surface area contributed by atoms with Crippen LogP contribution in [0, 0.1) is 0 Å². The third kappa shape index (κ3) is 29.6. The summed E-state index contributed by atoms with van der Waals surface area (Å²) < 4.78 is 0. The zero-order valence-electron chi connectivity index (χ0n) is 3.09. The summed E-state index contributed by atoms with van der Waals surface area (Å²) in [7, 11) is 13.2. The largest absolute Gasteiger partial charge is 1.00 e. The first-order chi connectivity index (χ1) is 2.00. The fraction of sp³-hybridized carbons (Fsp3) is 0. The van der Waals surface area contributed by atoms with E-state index in [9.17, 15) is 0 Å². The van der Waals surface area contributed by atoms with E-state index in [-0.39, 0.29) is 18.9 Å². The van der Waals surface area contributed by atoms with E-state index < -0.39 is 7.03 Å². The second-order valence-electron chi connectivity index (χ2n) is 0.495. The summed E-state index contributed by atoms with van der Waals surface area (Å²) in [6, 6.07) is 0. The first-order valence-corrected chi connectivity index (χ1v) is 10.3. The maximum Gasteiger partial charge on any atom is 1.00 e. The Morgan fingerprint density at radius 1 is 1.17 bits per heavy atom. The van der Waals surface area contributed by atoms with Crippen molar-refractivity contribution in [3.8, 4) is 0 Å². The van der Waals surface area contributed by atoms with Crippen molar-refractivity contribution in [1.29, 1.82) is 0 Å². The molecule has 0 radical (unpaired) electrons. The van der Waals surface area contributed by atoms with Gasteiger partial charge in [-0.2, -0.15) is 0 Å². The molecule has 6 heavy (non-hydrogen) atoms. The van der Waals surface area contributed by atoms with Crippen LogP contribution in [0.1, 0.15) is 0 Å². The Morgan fingerprint density at radius 2 is 1.17 bits per heavy atom. The molecule has 0 spiro atoms. The maximum atomic E-state index is 5.21. The third-order valence-electron chi connectivity index (χ3n) is 0. The molecule has 0 saturated carbocycles. The standard InChI is InChI=1S/Al.3ClH.HI.Li/h;4*1H;/q+3;;;;;+1/p-4. The summed E-state index contributed by atoms with van der Waals surface area (Å²) in [5.74, 6) is 0. The van der Waals surface area contributed by atoms with Gasteiger partial charge >= 0.3 is 25.9 Å². The number of hydrogen-bond donors (Lipinski definition) is 0. The molecule has 0 rings (SSSR count). The Bertz CT molecular complexity index is 26.3. The van der Waals surface area contributed by atoms with Gasteiger partial charge in [0, 0.05) is 0 Å². The van der Waals surface area contributed by atoms with Crippen LogP contribution in [0.3, 0.4) is 0 Å². The number of halogens is 4. The monoisotopic (exact) mass is 266 g/mol. The fourth-order valence-corrected chi connectivity index (χ4v) is 0. The molecule has 0 atom stereocenters. The zero-order chi connectivity index (χ0) is 4.50. The molecule has 0 heterocycles. The Balaban J connectivity index is 0.